The second kappa shape index (κ2) is 14.7. The standard InChI is InChI=1S/C33H41N7O5/c1-6-38(28(41)21-37-32(44)45-33(3,4)5)22-25-8-7-9-26(17-25)27-19-35-31(36-20-27)40-14-12-39(13-15-40)30-23(2)16-24(18-34-30)10-11-29(42)43/h7-11,16-20H,6,12-15,21-22H2,1-5H3,(H,37,44)(H,42,43)/b11-10+. The Morgan fingerprint density at radius 1 is 1.00 bits per heavy atom. The number of benzene rings is 1. The van der Waals surface area contributed by atoms with Crippen molar-refractivity contribution in [3.63, 3.8) is 0 Å². The first kappa shape index (κ1) is 32.9. The quantitative estimate of drug-likeness (QED) is 0.320. The number of anilines is 2. The first-order valence-corrected chi connectivity index (χ1v) is 15.0. The fourth-order valence-electron chi connectivity index (χ4n) is 4.95. The maximum atomic E-state index is 12.8. The molecule has 1 aliphatic rings. The van der Waals surface area contributed by atoms with Crippen LogP contribution in [0, 0.1) is 6.92 Å². The lowest BCUT2D eigenvalue weighted by molar-refractivity contribution is -0.131. The number of carboxylic acids is 1. The third-order valence-electron chi connectivity index (χ3n) is 7.14. The Bertz CT molecular complexity index is 1530. The maximum Gasteiger partial charge on any atom is 0.408 e. The molecule has 12 nitrogen and oxygen atoms in total. The third-order valence-corrected chi connectivity index (χ3v) is 7.14. The molecule has 1 aromatic carbocycles. The van der Waals surface area contributed by atoms with Crippen molar-refractivity contribution in [3.05, 3.63) is 71.7 Å². The van der Waals surface area contributed by atoms with Crippen LogP contribution in [0.5, 0.6) is 0 Å². The van der Waals surface area contributed by atoms with E-state index in [2.05, 4.69) is 30.1 Å². The summed E-state index contributed by atoms with van der Waals surface area (Å²) in [6.45, 7) is 12.9. The summed E-state index contributed by atoms with van der Waals surface area (Å²) < 4.78 is 5.22. The zero-order valence-corrected chi connectivity index (χ0v) is 26.5. The van der Waals surface area contributed by atoms with Crippen molar-refractivity contribution in [2.24, 2.45) is 0 Å². The van der Waals surface area contributed by atoms with Crippen molar-refractivity contribution in [1.29, 1.82) is 0 Å². The molecule has 0 atom stereocenters. The number of hydrogen-bond acceptors (Lipinski definition) is 9. The van der Waals surface area contributed by atoms with Gasteiger partial charge in [0, 0.05) is 69.5 Å². The molecule has 0 unspecified atom stereocenters. The first-order chi connectivity index (χ1) is 21.4. The fraction of sp³-hybridized carbons (Fsp3) is 0.394. The molecule has 1 aliphatic heterocycles. The number of nitrogens with one attached hydrogen (secondary N) is 1. The van der Waals surface area contributed by atoms with Gasteiger partial charge in [-0.1, -0.05) is 18.2 Å². The monoisotopic (exact) mass is 615 g/mol. The number of aromatic nitrogens is 3. The van der Waals surface area contributed by atoms with E-state index in [1.54, 1.807) is 31.9 Å². The summed E-state index contributed by atoms with van der Waals surface area (Å²) in [4.78, 5) is 55.4. The predicted octanol–water partition coefficient (Wildman–Crippen LogP) is 4.14. The van der Waals surface area contributed by atoms with Gasteiger partial charge in [-0.05, 0) is 75.1 Å². The molecule has 2 amide bonds. The van der Waals surface area contributed by atoms with Gasteiger partial charge >= 0.3 is 12.1 Å². The largest absolute Gasteiger partial charge is 0.478 e. The van der Waals surface area contributed by atoms with E-state index in [4.69, 9.17) is 9.84 Å². The molecule has 0 spiro atoms. The number of pyridine rings is 1. The Balaban J connectivity index is 1.33. The highest BCUT2D eigenvalue weighted by molar-refractivity contribution is 5.85. The van der Waals surface area contributed by atoms with E-state index in [0.717, 1.165) is 65.9 Å². The highest BCUT2D eigenvalue weighted by Crippen LogP contribution is 2.24. The summed E-state index contributed by atoms with van der Waals surface area (Å²) in [6.07, 6.45) is 7.34. The predicted molar refractivity (Wildman–Crippen MR) is 173 cm³/mol. The fourth-order valence-corrected chi connectivity index (χ4v) is 4.95. The zero-order valence-electron chi connectivity index (χ0n) is 26.5. The van der Waals surface area contributed by atoms with Crippen molar-refractivity contribution < 1.29 is 24.2 Å². The lowest BCUT2D eigenvalue weighted by Crippen LogP contribution is -2.47. The average Bonchev–Trinajstić information content (AvgIpc) is 3.01. The summed E-state index contributed by atoms with van der Waals surface area (Å²) >= 11 is 0. The minimum absolute atomic E-state index is 0.138. The number of carbonyl (C=O) groups excluding carboxylic acids is 2. The number of rotatable bonds is 10. The van der Waals surface area contributed by atoms with Gasteiger partial charge in [-0.25, -0.2) is 24.5 Å². The van der Waals surface area contributed by atoms with Gasteiger partial charge in [-0.2, -0.15) is 0 Å². The number of likely N-dealkylation sites (N-methyl/N-ethyl adjacent to an activating group) is 1. The van der Waals surface area contributed by atoms with Gasteiger partial charge in [0.2, 0.25) is 11.9 Å². The molecular weight excluding hydrogens is 574 g/mol. The van der Waals surface area contributed by atoms with Gasteiger partial charge in [-0.3, -0.25) is 4.79 Å². The minimum Gasteiger partial charge on any atom is -0.478 e. The molecule has 0 aliphatic carbocycles. The van der Waals surface area contributed by atoms with E-state index in [0.29, 0.717) is 19.0 Å². The third kappa shape index (κ3) is 9.49. The molecule has 1 fully saturated rings. The molecule has 2 N–H and O–H groups in total. The topological polar surface area (TPSA) is 141 Å². The number of carboxylic acid groups (broad SMARTS) is 1. The van der Waals surface area contributed by atoms with Gasteiger partial charge in [0.15, 0.2) is 0 Å². The molecule has 12 heteroatoms. The zero-order chi connectivity index (χ0) is 32.6. The molecular formula is C33H41N7O5. The molecule has 1 saturated heterocycles. The Morgan fingerprint density at radius 3 is 2.31 bits per heavy atom. The van der Waals surface area contributed by atoms with Crippen molar-refractivity contribution in [2.75, 3.05) is 49.1 Å². The van der Waals surface area contributed by atoms with Crippen LogP contribution in [0.25, 0.3) is 17.2 Å². The van der Waals surface area contributed by atoms with E-state index in [9.17, 15) is 14.4 Å². The second-order valence-electron chi connectivity index (χ2n) is 11.8. The number of amides is 2. The van der Waals surface area contributed by atoms with Crippen LogP contribution < -0.4 is 15.1 Å². The van der Waals surface area contributed by atoms with Crippen LogP contribution in [0.15, 0.2) is 55.0 Å². The van der Waals surface area contributed by atoms with Crippen LogP contribution in [-0.2, 0) is 20.9 Å². The molecule has 3 aromatic rings. The van der Waals surface area contributed by atoms with E-state index in [-0.39, 0.29) is 12.5 Å². The molecule has 4 rings (SSSR count). The van der Waals surface area contributed by atoms with Crippen molar-refractivity contribution >= 4 is 35.8 Å². The average molecular weight is 616 g/mol. The molecule has 0 bridgehead atoms. The van der Waals surface area contributed by atoms with Crippen LogP contribution in [0.2, 0.25) is 0 Å². The van der Waals surface area contributed by atoms with Crippen LogP contribution in [-0.4, -0.2) is 87.8 Å². The van der Waals surface area contributed by atoms with Crippen molar-refractivity contribution in [1.82, 2.24) is 25.2 Å². The van der Waals surface area contributed by atoms with Gasteiger partial charge in [0.1, 0.15) is 18.0 Å². The maximum absolute atomic E-state index is 12.8. The molecule has 45 heavy (non-hydrogen) atoms. The molecule has 238 valence electrons. The number of ether oxygens (including phenoxy) is 1. The van der Waals surface area contributed by atoms with Crippen LogP contribution in [0.1, 0.15) is 44.4 Å². The number of nitrogens with zero attached hydrogens (tertiary/aromatic N) is 6. The summed E-state index contributed by atoms with van der Waals surface area (Å²) in [5.41, 5.74) is 3.88. The number of carbonyl (C=O) groups is 3. The van der Waals surface area contributed by atoms with E-state index < -0.39 is 17.7 Å². The molecule has 0 saturated carbocycles. The normalized spacial score (nSPS) is 13.5. The summed E-state index contributed by atoms with van der Waals surface area (Å²) in [6, 6.07) is 9.85. The second-order valence-corrected chi connectivity index (χ2v) is 11.8. The lowest BCUT2D eigenvalue weighted by Gasteiger charge is -2.36. The number of alkyl carbamates (subject to hydrolysis) is 1. The lowest BCUT2D eigenvalue weighted by atomic mass is 10.1. The highest BCUT2D eigenvalue weighted by Gasteiger charge is 2.22. The van der Waals surface area contributed by atoms with E-state index in [1.807, 2.05) is 56.6 Å². The SMILES string of the molecule is CCN(Cc1cccc(-c2cnc(N3CCN(c4ncc(/C=C/C(=O)O)cc4C)CC3)nc2)c1)C(=O)CNC(=O)OC(C)(C)C. The van der Waals surface area contributed by atoms with Gasteiger partial charge < -0.3 is 29.9 Å². The van der Waals surface area contributed by atoms with Crippen molar-refractivity contribution in [2.45, 2.75) is 46.8 Å². The Kier molecular flexibility index (Phi) is 10.7. The first-order valence-electron chi connectivity index (χ1n) is 15.0. The van der Waals surface area contributed by atoms with E-state index >= 15 is 0 Å². The van der Waals surface area contributed by atoms with Crippen LogP contribution in [0.3, 0.4) is 0 Å². The minimum atomic E-state index is -0.990. The highest BCUT2D eigenvalue weighted by atomic mass is 16.6. The van der Waals surface area contributed by atoms with Gasteiger partial charge in [0.05, 0.1) is 0 Å². The van der Waals surface area contributed by atoms with Crippen molar-refractivity contribution in [3.8, 4) is 11.1 Å². The Hall–Kier alpha value is -5.00. The summed E-state index contributed by atoms with van der Waals surface area (Å²) in [7, 11) is 0. The van der Waals surface area contributed by atoms with Crippen LogP contribution >= 0.6 is 0 Å². The molecule has 2 aromatic heterocycles. The van der Waals surface area contributed by atoms with Gasteiger partial charge in [-0.15, -0.1) is 0 Å². The number of aryl methyl sites for hydroxylation is 1. The molecule has 3 heterocycles. The number of piperazine rings is 1. The number of hydrogen-bond donors (Lipinski definition) is 2. The summed E-state index contributed by atoms with van der Waals surface area (Å²) in [5.74, 6) is 0.364. The van der Waals surface area contributed by atoms with Gasteiger partial charge in [0.25, 0.3) is 0 Å². The Labute approximate surface area is 263 Å². The van der Waals surface area contributed by atoms with Crippen LogP contribution in [0.4, 0.5) is 16.6 Å². The Morgan fingerprint density at radius 2 is 1.69 bits per heavy atom. The number of aliphatic carboxylic acids is 1. The summed E-state index contributed by atoms with van der Waals surface area (Å²) in [5, 5.41) is 11.4. The van der Waals surface area contributed by atoms with E-state index in [1.165, 1.54) is 6.08 Å². The molecule has 0 radical (unpaired) electrons. The smallest absolute Gasteiger partial charge is 0.408 e.